The van der Waals surface area contributed by atoms with Crippen LogP contribution in [0.15, 0.2) is 29.6 Å². The summed E-state index contributed by atoms with van der Waals surface area (Å²) in [5, 5.41) is 13.7. The molecule has 0 aliphatic rings. The maximum absolute atomic E-state index is 13.0. The second-order valence-electron chi connectivity index (χ2n) is 6.23. The van der Waals surface area contributed by atoms with Gasteiger partial charge in [0.25, 0.3) is 0 Å². The maximum Gasteiger partial charge on any atom is 0.323 e. The van der Waals surface area contributed by atoms with Crippen LogP contribution in [0.5, 0.6) is 0 Å². The Labute approximate surface area is 159 Å². The summed E-state index contributed by atoms with van der Waals surface area (Å²) < 4.78 is 13.0. The van der Waals surface area contributed by atoms with Crippen molar-refractivity contribution in [3.8, 4) is 0 Å². The van der Waals surface area contributed by atoms with E-state index >= 15 is 0 Å². The van der Waals surface area contributed by atoms with Crippen molar-refractivity contribution in [3.05, 3.63) is 46.7 Å². The first kappa shape index (κ1) is 20.5. The highest BCUT2D eigenvalue weighted by atomic mass is 32.1. The summed E-state index contributed by atoms with van der Waals surface area (Å²) >= 11 is 1.20. The Morgan fingerprint density at radius 3 is 2.52 bits per heavy atom. The average Bonchev–Trinajstić information content (AvgIpc) is 3.02. The Bertz CT molecular complexity index is 820. The molecule has 0 aliphatic carbocycles. The molecule has 2 N–H and O–H groups in total. The molecular formula is C18H20FN3O4S. The number of thiazole rings is 1. The number of aromatic nitrogens is 1. The fraction of sp³-hybridized carbons (Fsp3) is 0.333. The van der Waals surface area contributed by atoms with Crippen molar-refractivity contribution in [3.63, 3.8) is 0 Å². The first-order valence-electron chi connectivity index (χ1n) is 8.24. The molecule has 27 heavy (non-hydrogen) atoms. The Hall–Kier alpha value is -2.81. The van der Waals surface area contributed by atoms with Gasteiger partial charge in [0.2, 0.25) is 11.8 Å². The molecule has 0 saturated heterocycles. The quantitative estimate of drug-likeness (QED) is 0.718. The highest BCUT2D eigenvalue weighted by molar-refractivity contribution is 7.13. The molecule has 1 heterocycles. The van der Waals surface area contributed by atoms with Gasteiger partial charge in [0.1, 0.15) is 12.4 Å². The molecule has 1 aromatic heterocycles. The van der Waals surface area contributed by atoms with E-state index in [0.717, 1.165) is 0 Å². The minimum absolute atomic E-state index is 0.0481. The maximum atomic E-state index is 13.0. The predicted molar refractivity (Wildman–Crippen MR) is 98.7 cm³/mol. The zero-order valence-electron chi connectivity index (χ0n) is 14.9. The number of hydrogen-bond donors (Lipinski definition) is 2. The largest absolute Gasteiger partial charge is 0.480 e. The number of carboxylic acid groups (broad SMARTS) is 1. The second kappa shape index (κ2) is 9.22. The summed E-state index contributed by atoms with van der Waals surface area (Å²) in [6, 6.07) is 5.51. The van der Waals surface area contributed by atoms with Crippen molar-refractivity contribution >= 4 is 34.3 Å². The fourth-order valence-electron chi connectivity index (χ4n) is 2.17. The minimum atomic E-state index is -1.14. The first-order valence-corrected chi connectivity index (χ1v) is 9.12. The number of nitrogens with zero attached hydrogens (tertiary/aromatic N) is 2. The number of nitrogens with one attached hydrogen (secondary N) is 1. The Morgan fingerprint density at radius 1 is 1.26 bits per heavy atom. The van der Waals surface area contributed by atoms with E-state index in [9.17, 15) is 18.8 Å². The topological polar surface area (TPSA) is 99.6 Å². The van der Waals surface area contributed by atoms with Crippen LogP contribution in [0.25, 0.3) is 0 Å². The molecule has 2 aromatic rings. The van der Waals surface area contributed by atoms with E-state index in [-0.39, 0.29) is 24.8 Å². The van der Waals surface area contributed by atoms with Crippen LogP contribution in [0.1, 0.15) is 25.1 Å². The monoisotopic (exact) mass is 393 g/mol. The number of anilines is 1. The summed E-state index contributed by atoms with van der Waals surface area (Å²) in [4.78, 5) is 40.7. The van der Waals surface area contributed by atoms with Gasteiger partial charge in [-0.3, -0.25) is 14.4 Å². The van der Waals surface area contributed by atoms with Gasteiger partial charge >= 0.3 is 5.97 Å². The number of rotatable bonds is 8. The zero-order chi connectivity index (χ0) is 20.0. The third-order valence-corrected chi connectivity index (χ3v) is 4.41. The number of carboxylic acids is 1. The molecular weight excluding hydrogens is 373 g/mol. The molecule has 144 valence electrons. The molecule has 0 aliphatic heterocycles. The van der Waals surface area contributed by atoms with Crippen LogP contribution in [-0.4, -0.2) is 39.3 Å². The smallest absolute Gasteiger partial charge is 0.323 e. The second-order valence-corrected chi connectivity index (χ2v) is 7.09. The summed E-state index contributed by atoms with van der Waals surface area (Å²) in [6.45, 7) is 3.09. The third-order valence-electron chi connectivity index (χ3n) is 3.60. The van der Waals surface area contributed by atoms with Gasteiger partial charge in [-0.2, -0.15) is 0 Å². The van der Waals surface area contributed by atoms with E-state index in [0.29, 0.717) is 16.4 Å². The van der Waals surface area contributed by atoms with Crippen molar-refractivity contribution < 1.29 is 23.9 Å². The van der Waals surface area contributed by atoms with E-state index in [2.05, 4.69) is 10.3 Å². The number of benzene rings is 1. The van der Waals surface area contributed by atoms with Gasteiger partial charge in [-0.1, -0.05) is 26.0 Å². The lowest BCUT2D eigenvalue weighted by Crippen LogP contribution is -2.36. The van der Waals surface area contributed by atoms with Crippen LogP contribution >= 0.6 is 11.3 Å². The van der Waals surface area contributed by atoms with Gasteiger partial charge in [0.15, 0.2) is 5.13 Å². The summed E-state index contributed by atoms with van der Waals surface area (Å²) in [5.74, 6) is -2.34. The van der Waals surface area contributed by atoms with Crippen LogP contribution in [0.2, 0.25) is 0 Å². The highest BCUT2D eigenvalue weighted by Crippen LogP contribution is 2.18. The van der Waals surface area contributed by atoms with Gasteiger partial charge in [-0.25, -0.2) is 9.37 Å². The Balaban J connectivity index is 2.04. The van der Waals surface area contributed by atoms with E-state index in [1.807, 2.05) is 0 Å². The predicted octanol–water partition coefficient (Wildman–Crippen LogP) is 2.53. The van der Waals surface area contributed by atoms with Gasteiger partial charge in [-0.15, -0.1) is 11.3 Å². The SMILES string of the molecule is CC(C)C(=O)Nc1nc(CC(=O)N(CC(=O)O)Cc2ccc(F)cc2)cs1. The minimum Gasteiger partial charge on any atom is -0.480 e. The number of carbonyl (C=O) groups excluding carboxylic acids is 2. The summed E-state index contributed by atoms with van der Waals surface area (Å²) in [6.07, 6.45) is -0.0947. The average molecular weight is 393 g/mol. The van der Waals surface area contributed by atoms with Crippen LogP contribution in [0.4, 0.5) is 9.52 Å². The standard InChI is InChI=1S/C18H20FN3O4S/c1-11(2)17(26)21-18-20-14(10-27-18)7-15(23)22(9-16(24)25)8-12-3-5-13(19)6-4-12/h3-6,10-11H,7-9H2,1-2H3,(H,24,25)(H,20,21,26). The van der Waals surface area contributed by atoms with Crippen LogP contribution in [0, 0.1) is 11.7 Å². The molecule has 2 amide bonds. The number of hydrogen-bond acceptors (Lipinski definition) is 5. The van der Waals surface area contributed by atoms with E-state index < -0.39 is 24.2 Å². The molecule has 0 spiro atoms. The Kier molecular flexibility index (Phi) is 7.00. The van der Waals surface area contributed by atoms with Crippen molar-refractivity contribution in [2.45, 2.75) is 26.8 Å². The fourth-order valence-corrected chi connectivity index (χ4v) is 2.88. The lowest BCUT2D eigenvalue weighted by molar-refractivity contribution is -0.144. The Morgan fingerprint density at radius 2 is 1.93 bits per heavy atom. The molecule has 0 saturated carbocycles. The van der Waals surface area contributed by atoms with Gasteiger partial charge in [0, 0.05) is 17.8 Å². The number of amides is 2. The molecule has 2 rings (SSSR count). The van der Waals surface area contributed by atoms with Crippen molar-refractivity contribution in [2.75, 3.05) is 11.9 Å². The molecule has 0 radical (unpaired) electrons. The third kappa shape index (κ3) is 6.45. The van der Waals surface area contributed by atoms with Crippen molar-refractivity contribution in [1.29, 1.82) is 0 Å². The summed E-state index contributed by atoms with van der Waals surface area (Å²) in [5.41, 5.74) is 1.06. The lowest BCUT2D eigenvalue weighted by Gasteiger charge is -2.20. The highest BCUT2D eigenvalue weighted by Gasteiger charge is 2.19. The van der Waals surface area contributed by atoms with Crippen molar-refractivity contribution in [1.82, 2.24) is 9.88 Å². The normalized spacial score (nSPS) is 10.7. The van der Waals surface area contributed by atoms with Gasteiger partial charge < -0.3 is 15.3 Å². The molecule has 0 unspecified atom stereocenters. The summed E-state index contributed by atoms with van der Waals surface area (Å²) in [7, 11) is 0. The molecule has 0 fully saturated rings. The first-order chi connectivity index (χ1) is 12.7. The van der Waals surface area contributed by atoms with Gasteiger partial charge in [-0.05, 0) is 17.7 Å². The number of halogens is 1. The molecule has 9 heteroatoms. The number of carbonyl (C=O) groups is 3. The van der Waals surface area contributed by atoms with E-state index in [4.69, 9.17) is 5.11 Å². The molecule has 0 atom stereocenters. The number of aliphatic carboxylic acids is 1. The molecule has 0 bridgehead atoms. The van der Waals surface area contributed by atoms with Crippen LogP contribution in [-0.2, 0) is 27.3 Å². The molecule has 7 nitrogen and oxygen atoms in total. The van der Waals surface area contributed by atoms with Crippen LogP contribution < -0.4 is 5.32 Å². The van der Waals surface area contributed by atoms with E-state index in [1.165, 1.54) is 40.5 Å². The lowest BCUT2D eigenvalue weighted by atomic mass is 10.2. The van der Waals surface area contributed by atoms with Crippen molar-refractivity contribution in [2.24, 2.45) is 5.92 Å². The zero-order valence-corrected chi connectivity index (χ0v) is 15.8. The van der Waals surface area contributed by atoms with E-state index in [1.54, 1.807) is 19.2 Å². The molecule has 1 aromatic carbocycles. The van der Waals surface area contributed by atoms with Crippen LogP contribution in [0.3, 0.4) is 0 Å². The van der Waals surface area contributed by atoms with Gasteiger partial charge in [0.05, 0.1) is 12.1 Å².